The normalized spacial score (nSPS) is 18.5. The third-order valence-electron chi connectivity index (χ3n) is 3.80. The molecule has 1 amide bonds. The van der Waals surface area contributed by atoms with Crippen LogP contribution in [0.15, 0.2) is 24.3 Å². The highest BCUT2D eigenvalue weighted by molar-refractivity contribution is 7.55. The Morgan fingerprint density at radius 1 is 1.17 bits per heavy atom. The molecular weight excluding hydrogens is 317 g/mol. The van der Waals surface area contributed by atoms with Crippen molar-refractivity contribution in [2.75, 3.05) is 26.9 Å². The molecule has 23 heavy (non-hydrogen) atoms. The lowest BCUT2D eigenvalue weighted by Crippen LogP contribution is -2.30. The highest BCUT2D eigenvalue weighted by atomic mass is 31.2. The number of likely N-dealkylation sites (tertiary alicyclic amines) is 1. The number of amides is 1. The molecule has 1 aromatic carbocycles. The third-order valence-corrected chi connectivity index (χ3v) is 6.28. The maximum Gasteiger partial charge on any atom is 0.343 e. The smallest absolute Gasteiger partial charge is 0.343 e. The topological polar surface area (TPSA) is 65.1 Å². The van der Waals surface area contributed by atoms with Crippen LogP contribution in [0.4, 0.5) is 0 Å². The number of ether oxygens (including phenoxy) is 1. The molecule has 1 aliphatic heterocycles. The Labute approximate surface area is 137 Å². The number of benzene rings is 1. The van der Waals surface area contributed by atoms with Crippen molar-refractivity contribution in [3.8, 4) is 5.75 Å². The van der Waals surface area contributed by atoms with Crippen molar-refractivity contribution in [3.05, 3.63) is 29.8 Å². The van der Waals surface area contributed by atoms with Gasteiger partial charge in [0.25, 0.3) is 0 Å². The van der Waals surface area contributed by atoms with Gasteiger partial charge >= 0.3 is 7.60 Å². The van der Waals surface area contributed by atoms with E-state index in [4.69, 9.17) is 13.8 Å². The summed E-state index contributed by atoms with van der Waals surface area (Å²) < 4.78 is 28.6. The maximum absolute atomic E-state index is 12.8. The van der Waals surface area contributed by atoms with Crippen LogP contribution in [0.25, 0.3) is 0 Å². The van der Waals surface area contributed by atoms with Crippen LogP contribution in [0.2, 0.25) is 0 Å². The summed E-state index contributed by atoms with van der Waals surface area (Å²) in [6.45, 7) is 5.07. The van der Waals surface area contributed by atoms with Crippen LogP contribution in [0, 0.1) is 0 Å². The van der Waals surface area contributed by atoms with E-state index in [0.717, 1.165) is 11.3 Å². The first-order valence-corrected chi connectivity index (χ1v) is 9.45. The Bertz CT molecular complexity index is 564. The molecule has 0 N–H and O–H groups in total. The second kappa shape index (κ2) is 7.95. The molecule has 0 aromatic heterocycles. The predicted molar refractivity (Wildman–Crippen MR) is 87.7 cm³/mol. The van der Waals surface area contributed by atoms with E-state index in [1.54, 1.807) is 25.9 Å². The van der Waals surface area contributed by atoms with Gasteiger partial charge in [-0.2, -0.15) is 0 Å². The quantitative estimate of drug-likeness (QED) is 0.680. The SMILES string of the molecule is CCOP(=O)(OCC)C1CCN(Cc2ccc(OC)cc2)C1=O. The second-order valence-corrected chi connectivity index (χ2v) is 7.51. The van der Waals surface area contributed by atoms with Crippen LogP contribution < -0.4 is 4.74 Å². The number of hydrogen-bond acceptors (Lipinski definition) is 5. The highest BCUT2D eigenvalue weighted by Gasteiger charge is 2.46. The number of rotatable bonds is 8. The van der Waals surface area contributed by atoms with E-state index in [1.165, 1.54) is 0 Å². The minimum absolute atomic E-state index is 0.161. The first-order valence-electron chi connectivity index (χ1n) is 7.84. The van der Waals surface area contributed by atoms with E-state index in [-0.39, 0.29) is 19.1 Å². The van der Waals surface area contributed by atoms with Crippen LogP contribution in [-0.4, -0.2) is 43.3 Å². The van der Waals surface area contributed by atoms with Gasteiger partial charge in [0.15, 0.2) is 0 Å². The fourth-order valence-corrected chi connectivity index (χ4v) is 4.72. The van der Waals surface area contributed by atoms with Crippen molar-refractivity contribution in [1.29, 1.82) is 0 Å². The first kappa shape index (κ1) is 18.0. The summed E-state index contributed by atoms with van der Waals surface area (Å²) >= 11 is 0. The molecule has 1 fully saturated rings. The minimum Gasteiger partial charge on any atom is -0.497 e. The zero-order valence-electron chi connectivity index (χ0n) is 13.9. The Morgan fingerprint density at radius 3 is 2.30 bits per heavy atom. The van der Waals surface area contributed by atoms with Crippen LogP contribution in [0.1, 0.15) is 25.8 Å². The monoisotopic (exact) mass is 341 g/mol. The van der Waals surface area contributed by atoms with Crippen molar-refractivity contribution < 1.29 is 23.1 Å². The zero-order chi connectivity index (χ0) is 16.9. The fraction of sp³-hybridized carbons (Fsp3) is 0.562. The summed E-state index contributed by atoms with van der Waals surface area (Å²) in [5.74, 6) is 0.614. The van der Waals surface area contributed by atoms with Gasteiger partial charge in [-0.1, -0.05) is 12.1 Å². The molecule has 1 atom stereocenters. The van der Waals surface area contributed by atoms with Gasteiger partial charge in [0.05, 0.1) is 20.3 Å². The lowest BCUT2D eigenvalue weighted by Gasteiger charge is -2.22. The highest BCUT2D eigenvalue weighted by Crippen LogP contribution is 2.56. The van der Waals surface area contributed by atoms with Crippen LogP contribution >= 0.6 is 7.60 Å². The van der Waals surface area contributed by atoms with Gasteiger partial charge in [-0.3, -0.25) is 9.36 Å². The van der Waals surface area contributed by atoms with Gasteiger partial charge in [-0.05, 0) is 38.0 Å². The molecule has 0 radical (unpaired) electrons. The molecular formula is C16H24NO5P. The molecule has 0 spiro atoms. The molecule has 1 unspecified atom stereocenters. The van der Waals surface area contributed by atoms with Crippen molar-refractivity contribution >= 4 is 13.5 Å². The average molecular weight is 341 g/mol. The Morgan fingerprint density at radius 2 is 1.78 bits per heavy atom. The van der Waals surface area contributed by atoms with Gasteiger partial charge in [0.2, 0.25) is 5.91 Å². The molecule has 6 nitrogen and oxygen atoms in total. The van der Waals surface area contributed by atoms with E-state index in [0.29, 0.717) is 19.5 Å². The van der Waals surface area contributed by atoms with E-state index in [1.807, 2.05) is 24.3 Å². The third kappa shape index (κ3) is 4.14. The summed E-state index contributed by atoms with van der Waals surface area (Å²) in [6.07, 6.45) is 0.492. The Kier molecular flexibility index (Phi) is 6.22. The van der Waals surface area contributed by atoms with E-state index in [9.17, 15) is 9.36 Å². The Hall–Kier alpha value is -1.36. The van der Waals surface area contributed by atoms with Crippen LogP contribution in [0.3, 0.4) is 0 Å². The van der Waals surface area contributed by atoms with Crippen molar-refractivity contribution in [1.82, 2.24) is 4.90 Å². The lowest BCUT2D eigenvalue weighted by molar-refractivity contribution is -0.128. The molecule has 0 aliphatic carbocycles. The van der Waals surface area contributed by atoms with Gasteiger partial charge in [-0.25, -0.2) is 0 Å². The molecule has 1 saturated heterocycles. The second-order valence-electron chi connectivity index (χ2n) is 5.29. The summed E-state index contributed by atoms with van der Waals surface area (Å²) in [5.41, 5.74) is 0.308. The van der Waals surface area contributed by atoms with E-state index >= 15 is 0 Å². The van der Waals surface area contributed by atoms with Crippen molar-refractivity contribution in [2.45, 2.75) is 32.5 Å². The molecule has 2 rings (SSSR count). The fourth-order valence-electron chi connectivity index (χ4n) is 2.70. The standard InChI is InChI=1S/C16H24NO5P/c1-4-21-23(19,22-5-2)15-10-11-17(16(15)18)12-13-6-8-14(20-3)9-7-13/h6-9,15H,4-5,10-12H2,1-3H3. The number of nitrogens with zero attached hydrogens (tertiary/aromatic N) is 1. The summed E-state index contributed by atoms with van der Waals surface area (Å²) in [6, 6.07) is 7.56. The molecule has 7 heteroatoms. The van der Waals surface area contributed by atoms with Crippen LogP contribution in [0.5, 0.6) is 5.75 Å². The van der Waals surface area contributed by atoms with Crippen molar-refractivity contribution in [3.63, 3.8) is 0 Å². The molecule has 1 heterocycles. The summed E-state index contributed by atoms with van der Waals surface area (Å²) in [5, 5.41) is 0. The van der Waals surface area contributed by atoms with Gasteiger partial charge < -0.3 is 18.7 Å². The average Bonchev–Trinajstić information content (AvgIpc) is 2.90. The van der Waals surface area contributed by atoms with Gasteiger partial charge in [0, 0.05) is 13.1 Å². The number of hydrogen-bond donors (Lipinski definition) is 0. The predicted octanol–water partition coefficient (Wildman–Crippen LogP) is 3.06. The summed E-state index contributed by atoms with van der Waals surface area (Å²) in [4.78, 5) is 14.3. The van der Waals surface area contributed by atoms with Gasteiger partial charge in [0.1, 0.15) is 11.4 Å². The molecule has 1 aromatic rings. The van der Waals surface area contributed by atoms with E-state index < -0.39 is 13.3 Å². The number of carbonyl (C=O) groups is 1. The summed E-state index contributed by atoms with van der Waals surface area (Å²) in [7, 11) is -1.78. The maximum atomic E-state index is 12.8. The van der Waals surface area contributed by atoms with Crippen molar-refractivity contribution in [2.24, 2.45) is 0 Å². The van der Waals surface area contributed by atoms with Crippen LogP contribution in [-0.2, 0) is 25.0 Å². The molecule has 0 saturated carbocycles. The van der Waals surface area contributed by atoms with Gasteiger partial charge in [-0.15, -0.1) is 0 Å². The molecule has 128 valence electrons. The Balaban J connectivity index is 2.06. The lowest BCUT2D eigenvalue weighted by atomic mass is 10.2. The molecule has 1 aliphatic rings. The number of carbonyl (C=O) groups excluding carboxylic acids is 1. The molecule has 0 bridgehead atoms. The largest absolute Gasteiger partial charge is 0.497 e. The zero-order valence-corrected chi connectivity index (χ0v) is 14.8. The first-order chi connectivity index (χ1) is 11.0. The minimum atomic E-state index is -3.39. The number of methoxy groups -OCH3 is 1. The van der Waals surface area contributed by atoms with E-state index in [2.05, 4.69) is 0 Å².